The van der Waals surface area contributed by atoms with Crippen LogP contribution in [0.4, 0.5) is 0 Å². The summed E-state index contributed by atoms with van der Waals surface area (Å²) in [6.45, 7) is 10.9. The smallest absolute Gasteiger partial charge is 0.336 e. The number of rotatable bonds is 7. The van der Waals surface area contributed by atoms with Gasteiger partial charge in [0.05, 0.1) is 11.1 Å². The Morgan fingerprint density at radius 3 is 2.33 bits per heavy atom. The van der Waals surface area contributed by atoms with Crippen molar-refractivity contribution in [2.24, 2.45) is 5.92 Å². The van der Waals surface area contributed by atoms with Crippen LogP contribution in [0.25, 0.3) is 11.1 Å². The zero-order valence-electron chi connectivity index (χ0n) is 18.5. The summed E-state index contributed by atoms with van der Waals surface area (Å²) in [5.74, 6) is 1.57. The van der Waals surface area contributed by atoms with E-state index >= 15 is 0 Å². The predicted molar refractivity (Wildman–Crippen MR) is 120 cm³/mol. The van der Waals surface area contributed by atoms with Gasteiger partial charge in [-0.3, -0.25) is 0 Å². The molecular weight excluding hydrogens is 374 g/mol. The van der Waals surface area contributed by atoms with E-state index in [0.29, 0.717) is 17.9 Å². The molecule has 158 valence electrons. The molecule has 2 aromatic carbocycles. The molecule has 0 aliphatic carbocycles. The number of aryl methyl sites for hydroxylation is 1. The number of aromatic nitrogens is 3. The van der Waals surface area contributed by atoms with Gasteiger partial charge >= 0.3 is 5.97 Å². The summed E-state index contributed by atoms with van der Waals surface area (Å²) in [6.07, 6.45) is 2.65. The lowest BCUT2D eigenvalue weighted by Crippen LogP contribution is -2.25. The average Bonchev–Trinajstić information content (AvgIpc) is 3.10. The second kappa shape index (κ2) is 8.82. The Hall–Kier alpha value is -2.95. The van der Waals surface area contributed by atoms with Crippen LogP contribution in [0.5, 0.6) is 0 Å². The Morgan fingerprint density at radius 2 is 1.73 bits per heavy atom. The average molecular weight is 406 g/mol. The van der Waals surface area contributed by atoms with Crippen molar-refractivity contribution in [1.82, 2.24) is 14.8 Å². The van der Waals surface area contributed by atoms with Crippen LogP contribution < -0.4 is 0 Å². The fourth-order valence-electron chi connectivity index (χ4n) is 3.47. The van der Waals surface area contributed by atoms with E-state index in [9.17, 15) is 9.90 Å². The first-order chi connectivity index (χ1) is 14.1. The molecule has 1 aromatic heterocycles. The van der Waals surface area contributed by atoms with E-state index < -0.39 is 5.97 Å². The highest BCUT2D eigenvalue weighted by Crippen LogP contribution is 2.25. The third kappa shape index (κ3) is 5.15. The van der Waals surface area contributed by atoms with Crippen molar-refractivity contribution < 1.29 is 9.90 Å². The highest BCUT2D eigenvalue weighted by Gasteiger charge is 2.21. The molecule has 1 N–H and O–H groups in total. The molecule has 0 spiro atoms. The number of hydrogen-bond acceptors (Lipinski definition) is 3. The number of hydrogen-bond donors (Lipinski definition) is 1. The van der Waals surface area contributed by atoms with Crippen LogP contribution in [0.2, 0.25) is 0 Å². The lowest BCUT2D eigenvalue weighted by molar-refractivity contribution is 0.0697. The zero-order chi connectivity index (χ0) is 21.9. The van der Waals surface area contributed by atoms with E-state index in [-0.39, 0.29) is 5.54 Å². The maximum absolute atomic E-state index is 11.5. The lowest BCUT2D eigenvalue weighted by atomic mass is 9.98. The molecule has 5 nitrogen and oxygen atoms in total. The number of nitrogens with zero attached hydrogens (tertiary/aromatic N) is 3. The molecule has 0 aliphatic rings. The first-order valence-electron chi connectivity index (χ1n) is 10.5. The summed E-state index contributed by atoms with van der Waals surface area (Å²) in [7, 11) is 0. The summed E-state index contributed by atoms with van der Waals surface area (Å²) in [4.78, 5) is 16.4. The van der Waals surface area contributed by atoms with Crippen LogP contribution in [0.1, 0.15) is 68.6 Å². The molecule has 0 aliphatic heterocycles. The van der Waals surface area contributed by atoms with Gasteiger partial charge in [-0.25, -0.2) is 14.5 Å². The Labute approximate surface area is 178 Å². The highest BCUT2D eigenvalue weighted by molar-refractivity contribution is 5.95. The minimum Gasteiger partial charge on any atom is -0.478 e. The van der Waals surface area contributed by atoms with E-state index in [1.807, 2.05) is 41.1 Å². The minimum absolute atomic E-state index is 0.140. The maximum Gasteiger partial charge on any atom is 0.336 e. The van der Waals surface area contributed by atoms with E-state index in [2.05, 4.69) is 34.6 Å². The van der Waals surface area contributed by atoms with Gasteiger partial charge in [0.1, 0.15) is 5.82 Å². The largest absolute Gasteiger partial charge is 0.478 e. The lowest BCUT2D eigenvalue weighted by Gasteiger charge is -2.21. The van der Waals surface area contributed by atoms with Crippen LogP contribution in [-0.2, 0) is 18.4 Å². The highest BCUT2D eigenvalue weighted by atomic mass is 16.4. The molecule has 0 amide bonds. The molecular formula is C25H31N3O2. The summed E-state index contributed by atoms with van der Waals surface area (Å²) >= 11 is 0. The number of carboxylic acid groups (broad SMARTS) is 1. The van der Waals surface area contributed by atoms with Crippen LogP contribution in [0, 0.1) is 5.92 Å². The van der Waals surface area contributed by atoms with Crippen molar-refractivity contribution in [2.75, 3.05) is 0 Å². The SMILES string of the molecule is CC(C)CCc1nc(Cc2ccc(-c3ccccc3C(=O)O)cc2)n(C(C)(C)C)n1. The van der Waals surface area contributed by atoms with Crippen LogP contribution in [0.3, 0.4) is 0 Å². The van der Waals surface area contributed by atoms with Gasteiger partial charge < -0.3 is 5.11 Å². The Balaban J connectivity index is 1.86. The van der Waals surface area contributed by atoms with Crippen LogP contribution in [0.15, 0.2) is 48.5 Å². The molecule has 0 radical (unpaired) electrons. The monoisotopic (exact) mass is 405 g/mol. The molecule has 0 atom stereocenters. The second-order valence-corrected chi connectivity index (χ2v) is 9.18. The van der Waals surface area contributed by atoms with Gasteiger partial charge in [-0.15, -0.1) is 0 Å². The third-order valence-electron chi connectivity index (χ3n) is 5.08. The number of carboxylic acids is 1. The van der Waals surface area contributed by atoms with Gasteiger partial charge in [0, 0.05) is 12.8 Å². The third-order valence-corrected chi connectivity index (χ3v) is 5.08. The van der Waals surface area contributed by atoms with Gasteiger partial charge in [0.2, 0.25) is 0 Å². The maximum atomic E-state index is 11.5. The molecule has 0 bridgehead atoms. The summed E-state index contributed by atoms with van der Waals surface area (Å²) in [6, 6.07) is 15.1. The molecule has 30 heavy (non-hydrogen) atoms. The van der Waals surface area contributed by atoms with Gasteiger partial charge in [-0.2, -0.15) is 5.10 Å². The van der Waals surface area contributed by atoms with Crippen LogP contribution in [-0.4, -0.2) is 25.8 Å². The Bertz CT molecular complexity index is 1010. The molecule has 0 saturated heterocycles. The summed E-state index contributed by atoms with van der Waals surface area (Å²) in [5, 5.41) is 14.2. The first kappa shape index (κ1) is 21.8. The Kier molecular flexibility index (Phi) is 6.40. The fraction of sp³-hybridized carbons (Fsp3) is 0.400. The predicted octanol–water partition coefficient (Wildman–Crippen LogP) is 5.58. The first-order valence-corrected chi connectivity index (χ1v) is 10.5. The molecule has 5 heteroatoms. The molecule has 1 heterocycles. The molecule has 0 saturated carbocycles. The number of benzene rings is 2. The van der Waals surface area contributed by atoms with E-state index in [1.165, 1.54) is 0 Å². The van der Waals surface area contributed by atoms with E-state index in [0.717, 1.165) is 41.2 Å². The molecule has 0 fully saturated rings. The Morgan fingerprint density at radius 1 is 1.07 bits per heavy atom. The van der Waals surface area contributed by atoms with Crippen molar-refractivity contribution in [2.45, 2.75) is 59.4 Å². The van der Waals surface area contributed by atoms with Gasteiger partial charge in [-0.05, 0) is 55.9 Å². The van der Waals surface area contributed by atoms with Crippen LogP contribution >= 0.6 is 0 Å². The zero-order valence-corrected chi connectivity index (χ0v) is 18.5. The van der Waals surface area contributed by atoms with Crippen molar-refractivity contribution in [3.8, 4) is 11.1 Å². The molecule has 3 rings (SSSR count). The van der Waals surface area contributed by atoms with Crippen molar-refractivity contribution in [3.05, 3.63) is 71.3 Å². The summed E-state index contributed by atoms with van der Waals surface area (Å²) in [5.41, 5.74) is 2.92. The van der Waals surface area contributed by atoms with Gasteiger partial charge in [-0.1, -0.05) is 56.3 Å². The van der Waals surface area contributed by atoms with Crippen molar-refractivity contribution in [3.63, 3.8) is 0 Å². The topological polar surface area (TPSA) is 68.0 Å². The second-order valence-electron chi connectivity index (χ2n) is 9.18. The van der Waals surface area contributed by atoms with Gasteiger partial charge in [0.15, 0.2) is 5.82 Å². The number of aromatic carboxylic acids is 1. The number of carbonyl (C=O) groups is 1. The quantitative estimate of drug-likeness (QED) is 0.557. The van der Waals surface area contributed by atoms with Crippen molar-refractivity contribution >= 4 is 5.97 Å². The fourth-order valence-corrected chi connectivity index (χ4v) is 3.47. The minimum atomic E-state index is -0.915. The summed E-state index contributed by atoms with van der Waals surface area (Å²) < 4.78 is 2.04. The van der Waals surface area contributed by atoms with E-state index in [1.54, 1.807) is 12.1 Å². The molecule has 3 aromatic rings. The normalized spacial score (nSPS) is 11.8. The van der Waals surface area contributed by atoms with Crippen molar-refractivity contribution in [1.29, 1.82) is 0 Å². The molecule has 0 unspecified atom stereocenters. The standard InChI is InChI=1S/C25H31N3O2/c1-17(2)10-15-22-26-23(28(27-22)25(3,4)5)16-18-11-13-19(14-12-18)20-8-6-7-9-21(20)24(29)30/h6-9,11-14,17H,10,15-16H2,1-5H3,(H,29,30). The van der Waals surface area contributed by atoms with Gasteiger partial charge in [0.25, 0.3) is 0 Å². The van der Waals surface area contributed by atoms with E-state index in [4.69, 9.17) is 10.1 Å².